The van der Waals surface area contributed by atoms with Crippen LogP contribution >= 0.6 is 15.9 Å². The third-order valence-electron chi connectivity index (χ3n) is 2.89. The maximum Gasteiger partial charge on any atom is 0.196 e. The summed E-state index contributed by atoms with van der Waals surface area (Å²) in [5.41, 5.74) is 1.85. The molecule has 2 aromatic rings. The van der Waals surface area contributed by atoms with Gasteiger partial charge in [-0.2, -0.15) is 0 Å². The highest BCUT2D eigenvalue weighted by Gasteiger charge is 2.19. The van der Waals surface area contributed by atoms with Crippen LogP contribution in [-0.4, -0.2) is 25.0 Å². The summed E-state index contributed by atoms with van der Waals surface area (Å²) in [6.07, 6.45) is 1.62. The summed E-state index contributed by atoms with van der Waals surface area (Å²) in [5.74, 6) is 0.962. The van der Waals surface area contributed by atoms with Crippen LogP contribution in [0, 0.1) is 6.92 Å². The van der Waals surface area contributed by atoms with Gasteiger partial charge in [-0.05, 0) is 47.1 Å². The van der Waals surface area contributed by atoms with Crippen LogP contribution in [0.15, 0.2) is 34.9 Å². The summed E-state index contributed by atoms with van der Waals surface area (Å²) in [7, 11) is 3.08. The monoisotopic (exact) mass is 335 g/mol. The van der Waals surface area contributed by atoms with Gasteiger partial charge >= 0.3 is 0 Å². The van der Waals surface area contributed by atoms with Crippen molar-refractivity contribution in [3.8, 4) is 11.5 Å². The van der Waals surface area contributed by atoms with Crippen molar-refractivity contribution < 1.29 is 14.3 Å². The number of carbonyl (C=O) groups excluding carboxylic acids is 1. The van der Waals surface area contributed by atoms with Gasteiger partial charge in [-0.25, -0.2) is 0 Å². The second-order valence-electron chi connectivity index (χ2n) is 4.18. The zero-order valence-corrected chi connectivity index (χ0v) is 13.0. The summed E-state index contributed by atoms with van der Waals surface area (Å²) in [5, 5.41) is 0. The summed E-state index contributed by atoms with van der Waals surface area (Å²) in [4.78, 5) is 16.7. The SMILES string of the molecule is COc1ccc(C(=O)c2ccnc(C)c2)c(OC)c1Br. The maximum absolute atomic E-state index is 12.6. The number of methoxy groups -OCH3 is 2. The number of pyridine rings is 1. The van der Waals surface area contributed by atoms with Gasteiger partial charge in [-0.3, -0.25) is 9.78 Å². The highest BCUT2D eigenvalue weighted by atomic mass is 79.9. The number of carbonyl (C=O) groups is 1. The maximum atomic E-state index is 12.6. The van der Waals surface area contributed by atoms with Gasteiger partial charge in [0.05, 0.1) is 19.8 Å². The molecule has 20 heavy (non-hydrogen) atoms. The number of benzene rings is 1. The van der Waals surface area contributed by atoms with E-state index in [1.54, 1.807) is 37.6 Å². The van der Waals surface area contributed by atoms with E-state index in [9.17, 15) is 4.79 Å². The first-order valence-electron chi connectivity index (χ1n) is 5.96. The summed E-state index contributed by atoms with van der Waals surface area (Å²) >= 11 is 3.39. The van der Waals surface area contributed by atoms with Crippen molar-refractivity contribution in [2.24, 2.45) is 0 Å². The fourth-order valence-electron chi connectivity index (χ4n) is 1.92. The third-order valence-corrected chi connectivity index (χ3v) is 3.64. The molecule has 4 nitrogen and oxygen atoms in total. The fraction of sp³-hybridized carbons (Fsp3) is 0.200. The van der Waals surface area contributed by atoms with Crippen LogP contribution in [-0.2, 0) is 0 Å². The molecule has 1 aromatic heterocycles. The molecular formula is C15H14BrNO3. The van der Waals surface area contributed by atoms with Gasteiger partial charge in [0.1, 0.15) is 16.0 Å². The topological polar surface area (TPSA) is 48.4 Å². The lowest BCUT2D eigenvalue weighted by atomic mass is 10.0. The minimum atomic E-state index is -0.115. The van der Waals surface area contributed by atoms with E-state index in [0.29, 0.717) is 27.1 Å². The Balaban J connectivity index is 2.52. The molecular weight excluding hydrogens is 322 g/mol. The van der Waals surface area contributed by atoms with Gasteiger partial charge in [0, 0.05) is 17.5 Å². The van der Waals surface area contributed by atoms with E-state index >= 15 is 0 Å². The van der Waals surface area contributed by atoms with Gasteiger partial charge in [0.15, 0.2) is 5.78 Å². The molecule has 0 bridgehead atoms. The molecule has 0 fully saturated rings. The number of aryl methyl sites for hydroxylation is 1. The molecule has 1 aromatic carbocycles. The Morgan fingerprint density at radius 1 is 1.20 bits per heavy atom. The summed E-state index contributed by atoms with van der Waals surface area (Å²) in [6.45, 7) is 1.85. The van der Waals surface area contributed by atoms with Crippen LogP contribution in [0.3, 0.4) is 0 Å². The average Bonchev–Trinajstić information content (AvgIpc) is 2.46. The number of hydrogen-bond donors (Lipinski definition) is 0. The van der Waals surface area contributed by atoms with Gasteiger partial charge in [0.25, 0.3) is 0 Å². The third kappa shape index (κ3) is 2.67. The van der Waals surface area contributed by atoms with Crippen LogP contribution in [0.1, 0.15) is 21.6 Å². The smallest absolute Gasteiger partial charge is 0.196 e. The lowest BCUT2D eigenvalue weighted by molar-refractivity contribution is 0.103. The second-order valence-corrected chi connectivity index (χ2v) is 4.97. The largest absolute Gasteiger partial charge is 0.495 e. The molecule has 0 unspecified atom stereocenters. The molecule has 0 saturated heterocycles. The van der Waals surface area contributed by atoms with Gasteiger partial charge in [0.2, 0.25) is 0 Å². The Kier molecular flexibility index (Phi) is 4.39. The number of aromatic nitrogens is 1. The molecule has 0 saturated carbocycles. The zero-order chi connectivity index (χ0) is 14.7. The van der Waals surface area contributed by atoms with Crippen molar-refractivity contribution >= 4 is 21.7 Å². The second kappa shape index (κ2) is 6.05. The Bertz CT molecular complexity index is 656. The van der Waals surface area contributed by atoms with Gasteiger partial charge < -0.3 is 9.47 Å². The Hall–Kier alpha value is -1.88. The highest BCUT2D eigenvalue weighted by molar-refractivity contribution is 9.10. The van der Waals surface area contributed by atoms with Crippen molar-refractivity contribution in [2.45, 2.75) is 6.92 Å². The van der Waals surface area contributed by atoms with Gasteiger partial charge in [-0.1, -0.05) is 0 Å². The molecule has 0 atom stereocenters. The van der Waals surface area contributed by atoms with E-state index in [2.05, 4.69) is 20.9 Å². The molecule has 0 aliphatic heterocycles. The predicted octanol–water partition coefficient (Wildman–Crippen LogP) is 3.40. The molecule has 104 valence electrons. The van der Waals surface area contributed by atoms with Crippen molar-refractivity contribution in [1.29, 1.82) is 0 Å². The van der Waals surface area contributed by atoms with E-state index in [-0.39, 0.29) is 5.78 Å². The number of ketones is 1. The van der Waals surface area contributed by atoms with Crippen molar-refractivity contribution in [1.82, 2.24) is 4.98 Å². The fourth-order valence-corrected chi connectivity index (χ4v) is 2.59. The lowest BCUT2D eigenvalue weighted by Gasteiger charge is -2.12. The van der Waals surface area contributed by atoms with Gasteiger partial charge in [-0.15, -0.1) is 0 Å². The Morgan fingerprint density at radius 2 is 1.95 bits per heavy atom. The minimum Gasteiger partial charge on any atom is -0.495 e. The number of hydrogen-bond acceptors (Lipinski definition) is 4. The predicted molar refractivity (Wildman–Crippen MR) is 79.7 cm³/mol. The van der Waals surface area contributed by atoms with Crippen LogP contribution in [0.5, 0.6) is 11.5 Å². The first-order chi connectivity index (χ1) is 9.58. The number of rotatable bonds is 4. The standard InChI is InChI=1S/C15H14BrNO3/c1-9-8-10(6-7-17-9)14(18)11-4-5-12(19-2)13(16)15(11)20-3/h4-8H,1-3H3. The van der Waals surface area contributed by atoms with Crippen LogP contribution in [0.25, 0.3) is 0 Å². The molecule has 0 radical (unpaired) electrons. The highest BCUT2D eigenvalue weighted by Crippen LogP contribution is 2.37. The molecule has 0 aliphatic rings. The average molecular weight is 336 g/mol. The van der Waals surface area contributed by atoms with E-state index in [1.165, 1.54) is 7.11 Å². The van der Waals surface area contributed by atoms with Crippen molar-refractivity contribution in [3.05, 3.63) is 51.8 Å². The minimum absolute atomic E-state index is 0.115. The Morgan fingerprint density at radius 3 is 2.55 bits per heavy atom. The van der Waals surface area contributed by atoms with E-state index < -0.39 is 0 Å². The molecule has 5 heteroatoms. The molecule has 0 spiro atoms. The first-order valence-corrected chi connectivity index (χ1v) is 6.75. The number of halogens is 1. The van der Waals surface area contributed by atoms with Crippen LogP contribution < -0.4 is 9.47 Å². The van der Waals surface area contributed by atoms with Crippen LogP contribution in [0.4, 0.5) is 0 Å². The van der Waals surface area contributed by atoms with Crippen molar-refractivity contribution in [3.63, 3.8) is 0 Å². The number of ether oxygens (including phenoxy) is 2. The molecule has 0 aliphatic carbocycles. The molecule has 0 amide bonds. The van der Waals surface area contributed by atoms with Crippen LogP contribution in [0.2, 0.25) is 0 Å². The van der Waals surface area contributed by atoms with E-state index in [4.69, 9.17) is 9.47 Å². The van der Waals surface area contributed by atoms with E-state index in [1.807, 2.05) is 6.92 Å². The van der Waals surface area contributed by atoms with E-state index in [0.717, 1.165) is 5.69 Å². The zero-order valence-electron chi connectivity index (χ0n) is 11.4. The summed E-state index contributed by atoms with van der Waals surface area (Å²) < 4.78 is 11.2. The van der Waals surface area contributed by atoms with Crippen molar-refractivity contribution in [2.75, 3.05) is 14.2 Å². The summed E-state index contributed by atoms with van der Waals surface area (Å²) in [6, 6.07) is 6.86. The Labute approximate surface area is 125 Å². The normalized spacial score (nSPS) is 10.2. The number of nitrogens with zero attached hydrogens (tertiary/aromatic N) is 1. The molecule has 2 rings (SSSR count). The quantitative estimate of drug-likeness (QED) is 0.803. The lowest BCUT2D eigenvalue weighted by Crippen LogP contribution is -2.05. The molecule has 1 heterocycles. The molecule has 0 N–H and O–H groups in total. The first kappa shape index (κ1) is 14.5.